The van der Waals surface area contributed by atoms with Crippen molar-refractivity contribution in [1.29, 1.82) is 0 Å². The summed E-state index contributed by atoms with van der Waals surface area (Å²) >= 11 is 0. The highest BCUT2D eigenvalue weighted by Crippen LogP contribution is 2.32. The minimum absolute atomic E-state index is 0.0710. The molecule has 0 atom stereocenters. The third-order valence-electron chi connectivity index (χ3n) is 3.58. The van der Waals surface area contributed by atoms with Crippen LogP contribution >= 0.6 is 0 Å². The van der Waals surface area contributed by atoms with Gasteiger partial charge in [0.25, 0.3) is 5.91 Å². The zero-order valence-electron chi connectivity index (χ0n) is 12.9. The quantitative estimate of drug-likeness (QED) is 0.736. The molecule has 0 bridgehead atoms. The molecule has 1 fully saturated rings. The van der Waals surface area contributed by atoms with Gasteiger partial charge in [0.05, 0.1) is 7.11 Å². The maximum Gasteiger partial charge on any atom is 0.387 e. The first kappa shape index (κ1) is 16.5. The van der Waals surface area contributed by atoms with Gasteiger partial charge < -0.3 is 14.4 Å². The molecule has 1 saturated carbocycles. The first-order valence-corrected chi connectivity index (χ1v) is 7.47. The van der Waals surface area contributed by atoms with E-state index < -0.39 is 6.61 Å². The molecule has 0 aromatic heterocycles. The summed E-state index contributed by atoms with van der Waals surface area (Å²) in [4.78, 5) is 14.4. The molecule has 0 spiro atoms. The van der Waals surface area contributed by atoms with Gasteiger partial charge in [-0.1, -0.05) is 6.92 Å². The molecule has 22 heavy (non-hydrogen) atoms. The Kier molecular flexibility index (Phi) is 5.57. The second kappa shape index (κ2) is 7.42. The Balaban J connectivity index is 2.16. The van der Waals surface area contributed by atoms with Crippen LogP contribution in [0.15, 0.2) is 18.2 Å². The number of alkyl halides is 2. The van der Waals surface area contributed by atoms with E-state index in [1.165, 1.54) is 25.3 Å². The highest BCUT2D eigenvalue weighted by Gasteiger charge is 2.27. The van der Waals surface area contributed by atoms with Crippen LogP contribution in [0.2, 0.25) is 0 Å². The average molecular weight is 313 g/mol. The predicted octanol–water partition coefficient (Wildman–Crippen LogP) is 3.56. The van der Waals surface area contributed by atoms with E-state index in [1.807, 2.05) is 11.8 Å². The third-order valence-corrected chi connectivity index (χ3v) is 3.58. The fourth-order valence-electron chi connectivity index (χ4n) is 2.33. The van der Waals surface area contributed by atoms with Gasteiger partial charge in [-0.05, 0) is 43.4 Å². The molecule has 1 amide bonds. The van der Waals surface area contributed by atoms with Crippen LogP contribution in [0.25, 0.3) is 0 Å². The first-order chi connectivity index (χ1) is 10.5. The highest BCUT2D eigenvalue weighted by atomic mass is 19.3. The molecule has 0 N–H and O–H groups in total. The lowest BCUT2D eigenvalue weighted by Gasteiger charge is -2.22. The molecule has 0 heterocycles. The molecule has 2 rings (SSSR count). The predicted molar refractivity (Wildman–Crippen MR) is 78.5 cm³/mol. The Morgan fingerprint density at radius 3 is 2.64 bits per heavy atom. The van der Waals surface area contributed by atoms with E-state index >= 15 is 0 Å². The molecule has 1 aliphatic carbocycles. The maximum atomic E-state index is 12.6. The van der Waals surface area contributed by atoms with Gasteiger partial charge in [0, 0.05) is 18.7 Å². The SMILES string of the molecule is CCCN(CC1CC1)C(=O)c1ccc(OC(F)F)c(OC)c1. The Labute approximate surface area is 129 Å². The molecule has 1 aromatic carbocycles. The fourth-order valence-corrected chi connectivity index (χ4v) is 2.33. The average Bonchev–Trinajstić information content (AvgIpc) is 3.30. The fraction of sp³-hybridized carbons (Fsp3) is 0.562. The molecule has 0 unspecified atom stereocenters. The van der Waals surface area contributed by atoms with Crippen LogP contribution in [0.5, 0.6) is 11.5 Å². The van der Waals surface area contributed by atoms with E-state index in [0.717, 1.165) is 25.8 Å². The highest BCUT2D eigenvalue weighted by molar-refractivity contribution is 5.95. The van der Waals surface area contributed by atoms with Gasteiger partial charge in [0.15, 0.2) is 11.5 Å². The van der Waals surface area contributed by atoms with Crippen LogP contribution < -0.4 is 9.47 Å². The van der Waals surface area contributed by atoms with Gasteiger partial charge in [-0.25, -0.2) is 0 Å². The number of hydrogen-bond donors (Lipinski definition) is 0. The van der Waals surface area contributed by atoms with Crippen LogP contribution in [0.1, 0.15) is 36.5 Å². The summed E-state index contributed by atoms with van der Waals surface area (Å²) < 4.78 is 34.1. The van der Waals surface area contributed by atoms with E-state index in [1.54, 1.807) is 0 Å². The smallest absolute Gasteiger partial charge is 0.387 e. The monoisotopic (exact) mass is 313 g/mol. The lowest BCUT2D eigenvalue weighted by Crippen LogP contribution is -2.33. The summed E-state index contributed by atoms with van der Waals surface area (Å²) in [5, 5.41) is 0. The Hall–Kier alpha value is -1.85. The van der Waals surface area contributed by atoms with Crippen LogP contribution in [0.3, 0.4) is 0 Å². The molecule has 0 saturated heterocycles. The number of benzene rings is 1. The van der Waals surface area contributed by atoms with Crippen molar-refractivity contribution in [2.45, 2.75) is 32.8 Å². The number of amides is 1. The molecule has 0 radical (unpaired) electrons. The number of carbonyl (C=O) groups is 1. The van der Waals surface area contributed by atoms with Crippen LogP contribution in [0.4, 0.5) is 8.78 Å². The van der Waals surface area contributed by atoms with Crippen LogP contribution in [0, 0.1) is 5.92 Å². The van der Waals surface area contributed by atoms with E-state index in [-0.39, 0.29) is 17.4 Å². The summed E-state index contributed by atoms with van der Waals surface area (Å²) in [6, 6.07) is 4.30. The first-order valence-electron chi connectivity index (χ1n) is 7.47. The second-order valence-electron chi connectivity index (χ2n) is 5.44. The Bertz CT molecular complexity index is 518. The Morgan fingerprint density at radius 2 is 2.09 bits per heavy atom. The zero-order valence-corrected chi connectivity index (χ0v) is 12.9. The summed E-state index contributed by atoms with van der Waals surface area (Å²) in [5.41, 5.74) is 0.424. The normalized spacial score (nSPS) is 14.0. The maximum absolute atomic E-state index is 12.6. The topological polar surface area (TPSA) is 38.8 Å². The third kappa shape index (κ3) is 4.32. The summed E-state index contributed by atoms with van der Waals surface area (Å²) in [5.74, 6) is 0.557. The van der Waals surface area contributed by atoms with Gasteiger partial charge in [0.2, 0.25) is 0 Å². The molecular weight excluding hydrogens is 292 g/mol. The molecule has 122 valence electrons. The summed E-state index contributed by atoms with van der Waals surface area (Å²) in [6.07, 6.45) is 3.21. The molecule has 1 aromatic rings. The number of nitrogens with zero attached hydrogens (tertiary/aromatic N) is 1. The number of carbonyl (C=O) groups excluding carboxylic acids is 1. The van der Waals surface area contributed by atoms with Crippen molar-refractivity contribution >= 4 is 5.91 Å². The van der Waals surface area contributed by atoms with Gasteiger partial charge in [-0.2, -0.15) is 8.78 Å². The largest absolute Gasteiger partial charge is 0.493 e. The number of halogens is 2. The number of methoxy groups -OCH3 is 1. The van der Waals surface area contributed by atoms with Gasteiger partial charge >= 0.3 is 6.61 Å². The minimum atomic E-state index is -2.93. The lowest BCUT2D eigenvalue weighted by molar-refractivity contribution is -0.0512. The van der Waals surface area contributed by atoms with Crippen molar-refractivity contribution < 1.29 is 23.0 Å². The van der Waals surface area contributed by atoms with Crippen molar-refractivity contribution in [3.8, 4) is 11.5 Å². The minimum Gasteiger partial charge on any atom is -0.493 e. The Morgan fingerprint density at radius 1 is 1.36 bits per heavy atom. The summed E-state index contributed by atoms with van der Waals surface area (Å²) in [7, 11) is 1.36. The number of ether oxygens (including phenoxy) is 2. The molecular formula is C16H21F2NO3. The van der Waals surface area contributed by atoms with Crippen molar-refractivity contribution in [3.05, 3.63) is 23.8 Å². The lowest BCUT2D eigenvalue weighted by atomic mass is 10.1. The van der Waals surface area contributed by atoms with Crippen molar-refractivity contribution in [2.75, 3.05) is 20.2 Å². The zero-order chi connectivity index (χ0) is 16.1. The molecule has 4 nitrogen and oxygen atoms in total. The van der Waals surface area contributed by atoms with E-state index in [9.17, 15) is 13.6 Å². The van der Waals surface area contributed by atoms with E-state index in [4.69, 9.17) is 4.74 Å². The van der Waals surface area contributed by atoms with Crippen molar-refractivity contribution in [1.82, 2.24) is 4.90 Å². The van der Waals surface area contributed by atoms with Crippen LogP contribution in [-0.2, 0) is 0 Å². The van der Waals surface area contributed by atoms with Gasteiger partial charge in [0.1, 0.15) is 0 Å². The standard InChI is InChI=1S/C16H21F2NO3/c1-3-8-19(10-11-4-5-11)15(20)12-6-7-13(22-16(17)18)14(9-12)21-2/h6-7,9,11,16H,3-5,8,10H2,1-2H3. The van der Waals surface area contributed by atoms with E-state index in [2.05, 4.69) is 4.74 Å². The molecule has 0 aliphatic heterocycles. The van der Waals surface area contributed by atoms with Crippen molar-refractivity contribution in [2.24, 2.45) is 5.92 Å². The molecule has 1 aliphatic rings. The second-order valence-corrected chi connectivity index (χ2v) is 5.44. The van der Waals surface area contributed by atoms with Crippen molar-refractivity contribution in [3.63, 3.8) is 0 Å². The molecule has 6 heteroatoms. The van der Waals surface area contributed by atoms with E-state index in [0.29, 0.717) is 18.0 Å². The number of rotatable bonds is 8. The van der Waals surface area contributed by atoms with Gasteiger partial charge in [-0.3, -0.25) is 4.79 Å². The summed E-state index contributed by atoms with van der Waals surface area (Å²) in [6.45, 7) is 0.534. The van der Waals surface area contributed by atoms with Gasteiger partial charge in [-0.15, -0.1) is 0 Å². The van der Waals surface area contributed by atoms with Crippen LogP contribution in [-0.4, -0.2) is 37.6 Å². The number of hydrogen-bond acceptors (Lipinski definition) is 3.